The summed E-state index contributed by atoms with van der Waals surface area (Å²) in [6.45, 7) is 0.899. The van der Waals surface area contributed by atoms with Crippen molar-refractivity contribution in [2.75, 3.05) is 6.54 Å². The molecule has 1 heterocycles. The van der Waals surface area contributed by atoms with Crippen LogP contribution in [0, 0.1) is 10.1 Å². The van der Waals surface area contributed by atoms with Gasteiger partial charge in [-0.2, -0.15) is 5.10 Å². The number of nitro groups is 1. The number of hydrogen-bond acceptors (Lipinski definition) is 5. The van der Waals surface area contributed by atoms with Gasteiger partial charge in [0.15, 0.2) is 0 Å². The smallest absolute Gasteiger partial charge is 0.410 e. The van der Waals surface area contributed by atoms with Crippen LogP contribution in [-0.2, 0) is 6.54 Å². The normalized spacial score (nSPS) is 10.0. The Morgan fingerprint density at radius 2 is 2.15 bits per heavy atom. The van der Waals surface area contributed by atoms with Crippen molar-refractivity contribution >= 4 is 11.8 Å². The number of carbonyl (C=O) groups is 1. The fraction of sp³-hybridized carbons (Fsp3) is 0.167. The molecule has 0 aliphatic carbocycles. The molecule has 0 radical (unpaired) electrons. The van der Waals surface area contributed by atoms with Crippen LogP contribution < -0.4 is 10.1 Å². The van der Waals surface area contributed by atoms with Gasteiger partial charge < -0.3 is 10.1 Å². The van der Waals surface area contributed by atoms with Gasteiger partial charge in [0.1, 0.15) is 5.75 Å². The summed E-state index contributed by atoms with van der Waals surface area (Å²) in [7, 11) is 0. The number of carbonyl (C=O) groups excluding carboxylic acids is 1. The number of hydrogen-bond donors (Lipinski definition) is 1. The molecule has 20 heavy (non-hydrogen) atoms. The van der Waals surface area contributed by atoms with Crippen molar-refractivity contribution in [3.63, 3.8) is 0 Å². The SMILES string of the molecule is O=C(NCCn1cccn1)Oc1ccc([N+](=O)[O-])cc1. The van der Waals surface area contributed by atoms with Crippen molar-refractivity contribution in [2.45, 2.75) is 6.54 Å². The van der Waals surface area contributed by atoms with Gasteiger partial charge in [0.2, 0.25) is 0 Å². The van der Waals surface area contributed by atoms with Crippen molar-refractivity contribution in [1.82, 2.24) is 15.1 Å². The average Bonchev–Trinajstić information content (AvgIpc) is 2.92. The largest absolute Gasteiger partial charge is 0.412 e. The Morgan fingerprint density at radius 3 is 2.75 bits per heavy atom. The molecule has 2 aromatic rings. The molecule has 8 heteroatoms. The molecule has 2 rings (SSSR count). The summed E-state index contributed by atoms with van der Waals surface area (Å²) in [5.74, 6) is 0.243. The number of benzene rings is 1. The molecule has 0 spiro atoms. The monoisotopic (exact) mass is 276 g/mol. The second-order valence-corrected chi connectivity index (χ2v) is 3.84. The highest BCUT2D eigenvalue weighted by molar-refractivity contribution is 5.70. The standard InChI is InChI=1S/C12H12N4O4/c17-12(13-7-9-15-8-1-6-14-15)20-11-4-2-10(3-5-11)16(18)19/h1-6,8H,7,9H2,(H,13,17). The fourth-order valence-corrected chi connectivity index (χ4v) is 1.48. The number of nitro benzene ring substituents is 1. The molecule has 1 N–H and O–H groups in total. The predicted octanol–water partition coefficient (Wildman–Crippen LogP) is 1.58. The number of nitrogens with zero attached hydrogens (tertiary/aromatic N) is 3. The van der Waals surface area contributed by atoms with Crippen LogP contribution in [0.3, 0.4) is 0 Å². The molecule has 0 saturated heterocycles. The lowest BCUT2D eigenvalue weighted by molar-refractivity contribution is -0.384. The van der Waals surface area contributed by atoms with Crippen molar-refractivity contribution < 1.29 is 14.5 Å². The molecule has 0 aliphatic rings. The number of non-ortho nitro benzene ring substituents is 1. The summed E-state index contributed by atoms with van der Waals surface area (Å²) >= 11 is 0. The van der Waals surface area contributed by atoms with Crippen LogP contribution >= 0.6 is 0 Å². The number of amides is 1. The summed E-state index contributed by atoms with van der Waals surface area (Å²) in [4.78, 5) is 21.4. The van der Waals surface area contributed by atoms with Gasteiger partial charge in [-0.25, -0.2) is 4.79 Å². The van der Waals surface area contributed by atoms with Crippen LogP contribution in [0.5, 0.6) is 5.75 Å². The van der Waals surface area contributed by atoms with E-state index < -0.39 is 11.0 Å². The van der Waals surface area contributed by atoms with Gasteiger partial charge in [0, 0.05) is 31.1 Å². The zero-order valence-corrected chi connectivity index (χ0v) is 10.4. The number of rotatable bonds is 5. The molecule has 104 valence electrons. The first-order valence-electron chi connectivity index (χ1n) is 5.83. The van der Waals surface area contributed by atoms with Crippen LogP contribution in [0.15, 0.2) is 42.7 Å². The molecule has 1 aromatic heterocycles. The Bertz CT molecular complexity index is 580. The third kappa shape index (κ3) is 3.80. The van der Waals surface area contributed by atoms with Gasteiger partial charge in [0.25, 0.3) is 5.69 Å². The lowest BCUT2D eigenvalue weighted by Gasteiger charge is -2.06. The van der Waals surface area contributed by atoms with Crippen LogP contribution in [0.4, 0.5) is 10.5 Å². The minimum absolute atomic E-state index is 0.0589. The summed E-state index contributed by atoms with van der Waals surface area (Å²) < 4.78 is 6.64. The lowest BCUT2D eigenvalue weighted by Crippen LogP contribution is -2.30. The Labute approximate surface area is 114 Å². The predicted molar refractivity (Wildman–Crippen MR) is 69.4 cm³/mol. The second-order valence-electron chi connectivity index (χ2n) is 3.84. The van der Waals surface area contributed by atoms with Crippen LogP contribution in [0.1, 0.15) is 0 Å². The molecule has 1 aromatic carbocycles. The summed E-state index contributed by atoms with van der Waals surface area (Å²) in [6, 6.07) is 7.06. The van der Waals surface area contributed by atoms with E-state index in [1.807, 2.05) is 0 Å². The Morgan fingerprint density at radius 1 is 1.40 bits per heavy atom. The molecule has 8 nitrogen and oxygen atoms in total. The van der Waals surface area contributed by atoms with Crippen LogP contribution in [0.2, 0.25) is 0 Å². The first-order chi connectivity index (χ1) is 9.65. The van der Waals surface area contributed by atoms with E-state index in [2.05, 4.69) is 10.4 Å². The molecule has 1 amide bonds. The van der Waals surface area contributed by atoms with Crippen LogP contribution in [0.25, 0.3) is 0 Å². The maximum atomic E-state index is 11.5. The first kappa shape index (κ1) is 13.5. The van der Waals surface area contributed by atoms with Gasteiger partial charge >= 0.3 is 6.09 Å². The Balaban J connectivity index is 1.77. The zero-order valence-electron chi connectivity index (χ0n) is 10.4. The van der Waals surface area contributed by atoms with Crippen molar-refractivity contribution in [3.05, 3.63) is 52.8 Å². The van der Waals surface area contributed by atoms with E-state index >= 15 is 0 Å². The minimum Gasteiger partial charge on any atom is -0.410 e. The third-order valence-corrected chi connectivity index (χ3v) is 2.43. The molecular formula is C12H12N4O4. The molecular weight excluding hydrogens is 264 g/mol. The van der Waals surface area contributed by atoms with E-state index in [1.54, 1.807) is 23.1 Å². The number of aromatic nitrogens is 2. The van der Waals surface area contributed by atoms with E-state index in [9.17, 15) is 14.9 Å². The highest BCUT2D eigenvalue weighted by Crippen LogP contribution is 2.17. The van der Waals surface area contributed by atoms with Gasteiger partial charge in [-0.05, 0) is 18.2 Å². The maximum absolute atomic E-state index is 11.5. The third-order valence-electron chi connectivity index (χ3n) is 2.43. The summed E-state index contributed by atoms with van der Waals surface area (Å²) in [5, 5.41) is 17.0. The van der Waals surface area contributed by atoms with Gasteiger partial charge in [-0.3, -0.25) is 14.8 Å². The zero-order chi connectivity index (χ0) is 14.4. The first-order valence-corrected chi connectivity index (χ1v) is 5.83. The maximum Gasteiger partial charge on any atom is 0.412 e. The molecule has 0 fully saturated rings. The average molecular weight is 276 g/mol. The van der Waals surface area contributed by atoms with Gasteiger partial charge in [-0.1, -0.05) is 0 Å². The van der Waals surface area contributed by atoms with E-state index in [4.69, 9.17) is 4.74 Å². The molecule has 0 aliphatic heterocycles. The quantitative estimate of drug-likeness (QED) is 0.660. The Kier molecular flexibility index (Phi) is 4.28. The minimum atomic E-state index is -0.619. The van der Waals surface area contributed by atoms with Gasteiger partial charge in [0.05, 0.1) is 11.5 Å². The van der Waals surface area contributed by atoms with Crippen molar-refractivity contribution in [3.8, 4) is 5.75 Å². The second kappa shape index (κ2) is 6.32. The Hall–Kier alpha value is -2.90. The van der Waals surface area contributed by atoms with E-state index in [0.29, 0.717) is 13.1 Å². The van der Waals surface area contributed by atoms with Crippen LogP contribution in [-0.4, -0.2) is 27.3 Å². The molecule has 0 unspecified atom stereocenters. The lowest BCUT2D eigenvalue weighted by atomic mass is 10.3. The summed E-state index contributed by atoms with van der Waals surface area (Å²) in [5.41, 5.74) is -0.0589. The highest BCUT2D eigenvalue weighted by atomic mass is 16.6. The molecule has 0 saturated carbocycles. The summed E-state index contributed by atoms with van der Waals surface area (Å²) in [6.07, 6.45) is 2.81. The molecule has 0 atom stereocenters. The number of ether oxygens (including phenoxy) is 1. The van der Waals surface area contributed by atoms with Gasteiger partial charge in [-0.15, -0.1) is 0 Å². The topological polar surface area (TPSA) is 99.3 Å². The highest BCUT2D eigenvalue weighted by Gasteiger charge is 2.07. The van der Waals surface area contributed by atoms with Crippen molar-refractivity contribution in [2.24, 2.45) is 0 Å². The van der Waals surface area contributed by atoms with E-state index in [0.717, 1.165) is 0 Å². The van der Waals surface area contributed by atoms with E-state index in [1.165, 1.54) is 24.3 Å². The number of nitrogens with one attached hydrogen (secondary N) is 1. The fourth-order valence-electron chi connectivity index (χ4n) is 1.48. The van der Waals surface area contributed by atoms with Crippen molar-refractivity contribution in [1.29, 1.82) is 0 Å². The molecule has 0 bridgehead atoms. The van der Waals surface area contributed by atoms with E-state index in [-0.39, 0.29) is 11.4 Å².